The van der Waals surface area contributed by atoms with Crippen molar-refractivity contribution < 1.29 is 0 Å². The summed E-state index contributed by atoms with van der Waals surface area (Å²) in [4.78, 5) is 2.81. The van der Waals surface area contributed by atoms with Crippen LogP contribution in [0, 0.1) is 5.92 Å². The van der Waals surface area contributed by atoms with Gasteiger partial charge in [0.2, 0.25) is 0 Å². The fraction of sp³-hybridized carbons (Fsp3) is 0.684. The summed E-state index contributed by atoms with van der Waals surface area (Å²) in [6.45, 7) is 4.96. The van der Waals surface area contributed by atoms with Crippen molar-refractivity contribution in [2.45, 2.75) is 63.8 Å². The highest BCUT2D eigenvalue weighted by Gasteiger charge is 2.42. The van der Waals surface area contributed by atoms with Crippen molar-refractivity contribution in [1.29, 1.82) is 0 Å². The van der Waals surface area contributed by atoms with E-state index in [1.165, 1.54) is 64.5 Å². The van der Waals surface area contributed by atoms with E-state index in [9.17, 15) is 0 Å². The first-order valence-corrected chi connectivity index (χ1v) is 8.66. The third-order valence-corrected chi connectivity index (χ3v) is 5.65. The number of rotatable bonds is 4. The minimum atomic E-state index is 0.363. The second-order valence-corrected chi connectivity index (χ2v) is 6.82. The average molecular weight is 271 g/mol. The van der Waals surface area contributed by atoms with Crippen LogP contribution in [0.1, 0.15) is 63.9 Å². The summed E-state index contributed by atoms with van der Waals surface area (Å²) in [5.41, 5.74) is 1.94. The molecule has 1 aromatic carbocycles. The molecule has 0 spiro atoms. The Kier molecular flexibility index (Phi) is 4.45. The molecule has 0 N–H and O–H groups in total. The molecule has 3 rings (SSSR count). The zero-order valence-corrected chi connectivity index (χ0v) is 13.0. The van der Waals surface area contributed by atoms with Gasteiger partial charge in [0.1, 0.15) is 0 Å². The van der Waals surface area contributed by atoms with Gasteiger partial charge in [-0.1, -0.05) is 50.1 Å². The fourth-order valence-electron chi connectivity index (χ4n) is 4.53. The molecule has 1 aliphatic heterocycles. The number of hydrogen-bond acceptors (Lipinski definition) is 1. The highest BCUT2D eigenvalue weighted by atomic mass is 15.2. The van der Waals surface area contributed by atoms with E-state index in [1.54, 1.807) is 5.56 Å². The van der Waals surface area contributed by atoms with E-state index in [4.69, 9.17) is 0 Å². The van der Waals surface area contributed by atoms with E-state index in [2.05, 4.69) is 42.2 Å². The molecule has 0 radical (unpaired) electrons. The molecule has 0 unspecified atom stereocenters. The van der Waals surface area contributed by atoms with E-state index in [0.29, 0.717) is 5.54 Å². The van der Waals surface area contributed by atoms with Crippen LogP contribution in [0.3, 0.4) is 0 Å². The van der Waals surface area contributed by atoms with Crippen LogP contribution in [-0.2, 0) is 5.54 Å². The molecule has 0 aromatic heterocycles. The van der Waals surface area contributed by atoms with Gasteiger partial charge in [-0.3, -0.25) is 4.90 Å². The smallest absolute Gasteiger partial charge is 0.0460 e. The molecule has 110 valence electrons. The zero-order valence-electron chi connectivity index (χ0n) is 13.0. The molecule has 0 bridgehead atoms. The predicted octanol–water partition coefficient (Wildman–Crippen LogP) is 4.97. The van der Waals surface area contributed by atoms with Gasteiger partial charge in [-0.15, -0.1) is 0 Å². The summed E-state index contributed by atoms with van der Waals surface area (Å²) < 4.78 is 0. The number of nitrogens with zero attached hydrogens (tertiary/aromatic N) is 1. The lowest BCUT2D eigenvalue weighted by molar-refractivity contribution is 0.0511. The quantitative estimate of drug-likeness (QED) is 0.747. The first-order chi connectivity index (χ1) is 9.85. The Morgan fingerprint density at radius 3 is 2.30 bits per heavy atom. The molecule has 1 heteroatoms. The van der Waals surface area contributed by atoms with Gasteiger partial charge in [-0.25, -0.2) is 0 Å². The minimum absolute atomic E-state index is 0.363. The van der Waals surface area contributed by atoms with Gasteiger partial charge in [0, 0.05) is 5.54 Å². The topological polar surface area (TPSA) is 3.24 Å². The maximum Gasteiger partial charge on any atom is 0.0460 e. The van der Waals surface area contributed by atoms with Crippen molar-refractivity contribution in [3.8, 4) is 0 Å². The fourth-order valence-corrected chi connectivity index (χ4v) is 4.53. The molecule has 2 aliphatic rings. The molecule has 1 saturated heterocycles. The lowest BCUT2D eigenvalue weighted by Crippen LogP contribution is -2.47. The molecule has 1 heterocycles. The molecule has 2 fully saturated rings. The summed E-state index contributed by atoms with van der Waals surface area (Å²) in [6, 6.07) is 11.4. The van der Waals surface area contributed by atoms with Gasteiger partial charge in [0.15, 0.2) is 0 Å². The monoisotopic (exact) mass is 271 g/mol. The summed E-state index contributed by atoms with van der Waals surface area (Å²) in [7, 11) is 0. The van der Waals surface area contributed by atoms with Gasteiger partial charge in [-0.2, -0.15) is 0 Å². The highest BCUT2D eigenvalue weighted by Crippen LogP contribution is 2.46. The maximum atomic E-state index is 2.81. The second-order valence-electron chi connectivity index (χ2n) is 6.82. The molecular weight excluding hydrogens is 242 g/mol. The van der Waals surface area contributed by atoms with E-state index in [1.807, 2.05) is 0 Å². The van der Waals surface area contributed by atoms with Gasteiger partial charge in [-0.05, 0) is 63.1 Å². The number of likely N-dealkylation sites (tertiary alicyclic amines) is 1. The Balaban J connectivity index is 1.82. The first kappa shape index (κ1) is 14.1. The largest absolute Gasteiger partial charge is 0.294 e. The Labute approximate surface area is 124 Å². The van der Waals surface area contributed by atoms with Crippen LogP contribution in [0.2, 0.25) is 0 Å². The van der Waals surface area contributed by atoms with Gasteiger partial charge in [0.25, 0.3) is 0 Å². The van der Waals surface area contributed by atoms with Crippen molar-refractivity contribution >= 4 is 0 Å². The summed E-state index contributed by atoms with van der Waals surface area (Å²) >= 11 is 0. The molecule has 0 atom stereocenters. The molecule has 0 amide bonds. The van der Waals surface area contributed by atoms with Crippen molar-refractivity contribution in [2.24, 2.45) is 5.92 Å². The minimum Gasteiger partial charge on any atom is -0.294 e. The van der Waals surface area contributed by atoms with E-state index >= 15 is 0 Å². The first-order valence-electron chi connectivity index (χ1n) is 8.66. The van der Waals surface area contributed by atoms with Crippen LogP contribution in [-0.4, -0.2) is 18.0 Å². The average Bonchev–Trinajstić information content (AvgIpc) is 3.04. The summed E-state index contributed by atoms with van der Waals surface area (Å²) in [5.74, 6) is 0.986. The van der Waals surface area contributed by atoms with Crippen molar-refractivity contribution in [2.75, 3.05) is 13.1 Å². The van der Waals surface area contributed by atoms with Crippen LogP contribution in [0.5, 0.6) is 0 Å². The molecule has 20 heavy (non-hydrogen) atoms. The van der Waals surface area contributed by atoms with Gasteiger partial charge < -0.3 is 0 Å². The molecule has 1 aromatic rings. The molecule has 1 aliphatic carbocycles. The zero-order chi connectivity index (χ0) is 13.8. The van der Waals surface area contributed by atoms with Crippen LogP contribution in [0.15, 0.2) is 30.3 Å². The summed E-state index contributed by atoms with van der Waals surface area (Å²) in [5, 5.41) is 0. The lowest BCUT2D eigenvalue weighted by Gasteiger charge is -2.47. The third-order valence-electron chi connectivity index (χ3n) is 5.65. The Morgan fingerprint density at radius 1 is 1.05 bits per heavy atom. The van der Waals surface area contributed by atoms with E-state index in [-0.39, 0.29) is 0 Å². The van der Waals surface area contributed by atoms with Crippen molar-refractivity contribution in [3.05, 3.63) is 35.9 Å². The molecule has 1 saturated carbocycles. The van der Waals surface area contributed by atoms with Crippen molar-refractivity contribution in [3.63, 3.8) is 0 Å². The highest BCUT2D eigenvalue weighted by molar-refractivity contribution is 5.26. The predicted molar refractivity (Wildman–Crippen MR) is 85.8 cm³/mol. The van der Waals surface area contributed by atoms with E-state index in [0.717, 1.165) is 5.92 Å². The Morgan fingerprint density at radius 2 is 1.70 bits per heavy atom. The van der Waals surface area contributed by atoms with Gasteiger partial charge in [0.05, 0.1) is 0 Å². The summed E-state index contributed by atoms with van der Waals surface area (Å²) in [6.07, 6.45) is 11.2. The second kappa shape index (κ2) is 6.30. The number of hydrogen-bond donors (Lipinski definition) is 0. The normalized spacial score (nSPS) is 31.6. The molecular formula is C19H29N. The Bertz CT molecular complexity index is 397. The third kappa shape index (κ3) is 2.65. The standard InChI is InChI=1S/C19H29N/c1-2-8-17-11-13-19(14-12-17,20-15-6-7-16-20)18-9-4-3-5-10-18/h3-5,9-10,17H,2,6-8,11-16H2,1H3. The van der Waals surface area contributed by atoms with Crippen molar-refractivity contribution in [1.82, 2.24) is 4.90 Å². The Hall–Kier alpha value is -0.820. The SMILES string of the molecule is CCCC1CCC(c2ccccc2)(N2CCCC2)CC1. The lowest BCUT2D eigenvalue weighted by atomic mass is 9.71. The maximum absolute atomic E-state index is 2.81. The van der Waals surface area contributed by atoms with Crippen LogP contribution < -0.4 is 0 Å². The molecule has 1 nitrogen and oxygen atoms in total. The van der Waals surface area contributed by atoms with Gasteiger partial charge >= 0.3 is 0 Å². The van der Waals surface area contributed by atoms with E-state index < -0.39 is 0 Å². The number of benzene rings is 1. The van der Waals surface area contributed by atoms with Crippen LogP contribution in [0.25, 0.3) is 0 Å². The van der Waals surface area contributed by atoms with Crippen LogP contribution >= 0.6 is 0 Å². The van der Waals surface area contributed by atoms with Crippen LogP contribution in [0.4, 0.5) is 0 Å².